The highest BCUT2D eigenvalue weighted by Crippen LogP contribution is 2.29. The molecule has 0 aliphatic heterocycles. The highest BCUT2D eigenvalue weighted by molar-refractivity contribution is 6.06. The van der Waals surface area contributed by atoms with Crippen molar-refractivity contribution in [2.45, 2.75) is 6.42 Å². The van der Waals surface area contributed by atoms with Crippen LogP contribution in [0.15, 0.2) is 36.7 Å². The lowest BCUT2D eigenvalue weighted by Gasteiger charge is -2.15. The van der Waals surface area contributed by atoms with Crippen LogP contribution in [0.1, 0.15) is 16.1 Å². The van der Waals surface area contributed by atoms with Crippen molar-refractivity contribution in [3.63, 3.8) is 0 Å². The van der Waals surface area contributed by atoms with Gasteiger partial charge in [0.1, 0.15) is 0 Å². The highest BCUT2D eigenvalue weighted by atomic mass is 16.1. The van der Waals surface area contributed by atoms with E-state index in [0.29, 0.717) is 6.42 Å². The number of hydrogen-bond donors (Lipinski definition) is 0. The molecular formula is C12H8N2O. The Kier molecular flexibility index (Phi) is 1.65. The maximum atomic E-state index is 11.8. The van der Waals surface area contributed by atoms with E-state index in [1.54, 1.807) is 12.4 Å². The molecule has 0 unspecified atom stereocenters. The fourth-order valence-corrected chi connectivity index (χ4v) is 1.90. The second-order valence-corrected chi connectivity index (χ2v) is 3.50. The zero-order valence-corrected chi connectivity index (χ0v) is 7.97. The van der Waals surface area contributed by atoms with E-state index in [0.717, 1.165) is 22.5 Å². The summed E-state index contributed by atoms with van der Waals surface area (Å²) in [5.74, 6) is 0.124. The predicted octanol–water partition coefficient (Wildman–Crippen LogP) is 1.88. The Labute approximate surface area is 86.8 Å². The topological polar surface area (TPSA) is 42.9 Å². The number of fused-ring (bicyclic) bond motifs is 3. The summed E-state index contributed by atoms with van der Waals surface area (Å²) in [7, 11) is 0. The third kappa shape index (κ3) is 1.16. The second kappa shape index (κ2) is 2.98. The molecule has 0 amide bonds. The van der Waals surface area contributed by atoms with Crippen LogP contribution < -0.4 is 0 Å². The maximum Gasteiger partial charge on any atom is 0.169 e. The number of aromatic nitrogens is 2. The van der Waals surface area contributed by atoms with Crippen molar-refractivity contribution < 1.29 is 4.79 Å². The van der Waals surface area contributed by atoms with Gasteiger partial charge in [-0.15, -0.1) is 0 Å². The molecule has 0 saturated heterocycles. The highest BCUT2D eigenvalue weighted by Gasteiger charge is 2.23. The molecule has 72 valence electrons. The van der Waals surface area contributed by atoms with Crippen molar-refractivity contribution in [2.75, 3.05) is 0 Å². The normalized spacial score (nSPS) is 13.2. The standard InChI is InChI=1S/C12H8N2O/c15-11-7-10-12(14-6-5-13-10)9-4-2-1-3-8(9)11/h1-6H,7H2. The summed E-state index contributed by atoms with van der Waals surface area (Å²) in [5, 5.41) is 0. The largest absolute Gasteiger partial charge is 0.294 e. The fourth-order valence-electron chi connectivity index (χ4n) is 1.90. The SMILES string of the molecule is O=C1Cc2nccnc2-c2ccccc21. The zero-order chi connectivity index (χ0) is 10.3. The Morgan fingerprint density at radius 2 is 1.73 bits per heavy atom. The van der Waals surface area contributed by atoms with Gasteiger partial charge in [-0.05, 0) is 0 Å². The van der Waals surface area contributed by atoms with Crippen molar-refractivity contribution in [3.8, 4) is 11.3 Å². The van der Waals surface area contributed by atoms with E-state index < -0.39 is 0 Å². The number of rotatable bonds is 0. The second-order valence-electron chi connectivity index (χ2n) is 3.50. The quantitative estimate of drug-likeness (QED) is 0.646. The van der Waals surface area contributed by atoms with E-state index in [9.17, 15) is 4.79 Å². The van der Waals surface area contributed by atoms with E-state index in [1.807, 2.05) is 24.3 Å². The number of carbonyl (C=O) groups excluding carboxylic acids is 1. The lowest BCUT2D eigenvalue weighted by atomic mass is 9.91. The molecule has 3 heteroatoms. The molecule has 2 aromatic rings. The molecule has 3 nitrogen and oxygen atoms in total. The Bertz CT molecular complexity index is 549. The Hall–Kier alpha value is -2.03. The van der Waals surface area contributed by atoms with Gasteiger partial charge in [0.15, 0.2) is 5.78 Å². The molecule has 0 fully saturated rings. The first-order chi connectivity index (χ1) is 7.36. The van der Waals surface area contributed by atoms with Crippen molar-refractivity contribution >= 4 is 5.78 Å². The van der Waals surface area contributed by atoms with Crippen molar-refractivity contribution in [3.05, 3.63) is 47.9 Å². The van der Waals surface area contributed by atoms with E-state index in [4.69, 9.17) is 0 Å². The molecule has 1 aromatic heterocycles. The lowest BCUT2D eigenvalue weighted by molar-refractivity contribution is 0.0990. The maximum absolute atomic E-state index is 11.8. The van der Waals surface area contributed by atoms with Gasteiger partial charge in [0.05, 0.1) is 17.8 Å². The average Bonchev–Trinajstić information content (AvgIpc) is 2.30. The van der Waals surface area contributed by atoms with Gasteiger partial charge in [0, 0.05) is 23.5 Å². The van der Waals surface area contributed by atoms with Crippen LogP contribution in [0.3, 0.4) is 0 Å². The zero-order valence-electron chi connectivity index (χ0n) is 7.97. The summed E-state index contributed by atoms with van der Waals surface area (Å²) in [4.78, 5) is 20.2. The number of Topliss-reactive ketones (excluding diaryl/α,β-unsaturated/α-hetero) is 1. The third-order valence-corrected chi connectivity index (χ3v) is 2.58. The number of ketones is 1. The van der Waals surface area contributed by atoms with Crippen LogP contribution >= 0.6 is 0 Å². The molecule has 0 saturated carbocycles. The molecule has 0 atom stereocenters. The molecule has 0 bridgehead atoms. The summed E-state index contributed by atoms with van der Waals surface area (Å²) < 4.78 is 0. The van der Waals surface area contributed by atoms with Gasteiger partial charge < -0.3 is 0 Å². The number of nitrogens with zero attached hydrogens (tertiary/aromatic N) is 2. The molecule has 15 heavy (non-hydrogen) atoms. The van der Waals surface area contributed by atoms with Crippen LogP contribution in [-0.2, 0) is 6.42 Å². The van der Waals surface area contributed by atoms with Crippen molar-refractivity contribution in [1.29, 1.82) is 0 Å². The fraction of sp³-hybridized carbons (Fsp3) is 0.0833. The summed E-state index contributed by atoms with van der Waals surface area (Å²) in [6.07, 6.45) is 3.64. The number of hydrogen-bond acceptors (Lipinski definition) is 3. The molecule has 1 aliphatic carbocycles. The van der Waals surface area contributed by atoms with Crippen LogP contribution in [0.2, 0.25) is 0 Å². The third-order valence-electron chi connectivity index (χ3n) is 2.58. The summed E-state index contributed by atoms with van der Waals surface area (Å²) in [5.41, 5.74) is 3.27. The van der Waals surface area contributed by atoms with E-state index in [-0.39, 0.29) is 5.78 Å². The van der Waals surface area contributed by atoms with Crippen LogP contribution in [0.25, 0.3) is 11.3 Å². The molecule has 0 radical (unpaired) electrons. The lowest BCUT2D eigenvalue weighted by Crippen LogP contribution is -2.14. The smallest absolute Gasteiger partial charge is 0.169 e. The minimum Gasteiger partial charge on any atom is -0.294 e. The van der Waals surface area contributed by atoms with E-state index in [1.165, 1.54) is 0 Å². The minimum absolute atomic E-state index is 0.124. The van der Waals surface area contributed by atoms with Gasteiger partial charge in [0.25, 0.3) is 0 Å². The molecule has 1 aliphatic rings. The monoisotopic (exact) mass is 196 g/mol. The van der Waals surface area contributed by atoms with Crippen LogP contribution in [0.4, 0.5) is 0 Å². The van der Waals surface area contributed by atoms with Crippen LogP contribution in [0.5, 0.6) is 0 Å². The van der Waals surface area contributed by atoms with Crippen LogP contribution in [-0.4, -0.2) is 15.8 Å². The van der Waals surface area contributed by atoms with Crippen molar-refractivity contribution in [2.24, 2.45) is 0 Å². The van der Waals surface area contributed by atoms with E-state index in [2.05, 4.69) is 9.97 Å². The first-order valence-electron chi connectivity index (χ1n) is 4.79. The minimum atomic E-state index is 0.124. The Morgan fingerprint density at radius 1 is 1.00 bits per heavy atom. The molecule has 1 heterocycles. The number of carbonyl (C=O) groups is 1. The molecule has 3 rings (SSSR count). The van der Waals surface area contributed by atoms with Gasteiger partial charge in [0.2, 0.25) is 0 Å². The van der Waals surface area contributed by atoms with Gasteiger partial charge >= 0.3 is 0 Å². The van der Waals surface area contributed by atoms with E-state index >= 15 is 0 Å². The summed E-state index contributed by atoms with van der Waals surface area (Å²) >= 11 is 0. The first kappa shape index (κ1) is 8.29. The molecule has 1 aromatic carbocycles. The Balaban J connectivity index is 2.34. The molecule has 0 spiro atoms. The number of benzene rings is 1. The van der Waals surface area contributed by atoms with Crippen LogP contribution in [0, 0.1) is 0 Å². The average molecular weight is 196 g/mol. The summed E-state index contributed by atoms with van der Waals surface area (Å²) in [6, 6.07) is 7.54. The van der Waals surface area contributed by atoms with Gasteiger partial charge in [-0.25, -0.2) is 0 Å². The van der Waals surface area contributed by atoms with Gasteiger partial charge in [-0.3, -0.25) is 14.8 Å². The predicted molar refractivity (Wildman–Crippen MR) is 55.5 cm³/mol. The van der Waals surface area contributed by atoms with Gasteiger partial charge in [-0.1, -0.05) is 24.3 Å². The van der Waals surface area contributed by atoms with Crippen molar-refractivity contribution in [1.82, 2.24) is 9.97 Å². The molecular weight excluding hydrogens is 188 g/mol. The van der Waals surface area contributed by atoms with Gasteiger partial charge in [-0.2, -0.15) is 0 Å². The first-order valence-corrected chi connectivity index (χ1v) is 4.79. The Morgan fingerprint density at radius 3 is 2.60 bits per heavy atom. The molecule has 0 N–H and O–H groups in total. The summed E-state index contributed by atoms with van der Waals surface area (Å²) in [6.45, 7) is 0.